The summed E-state index contributed by atoms with van der Waals surface area (Å²) in [5, 5.41) is 3.78. The van der Waals surface area contributed by atoms with E-state index < -0.39 is 11.9 Å². The predicted octanol–water partition coefficient (Wildman–Crippen LogP) is 3.02. The van der Waals surface area contributed by atoms with E-state index in [0.29, 0.717) is 39.0 Å². The summed E-state index contributed by atoms with van der Waals surface area (Å²) in [6, 6.07) is 10.5. The third-order valence-electron chi connectivity index (χ3n) is 5.63. The van der Waals surface area contributed by atoms with Crippen molar-refractivity contribution in [2.45, 2.75) is 20.4 Å². The van der Waals surface area contributed by atoms with Gasteiger partial charge in [-0.05, 0) is 38.1 Å². The van der Waals surface area contributed by atoms with Crippen molar-refractivity contribution >= 4 is 39.4 Å². The predicted molar refractivity (Wildman–Crippen MR) is 125 cm³/mol. The number of amides is 1. The van der Waals surface area contributed by atoms with Gasteiger partial charge in [0.1, 0.15) is 12.3 Å². The number of methoxy groups -OCH3 is 1. The van der Waals surface area contributed by atoms with Crippen LogP contribution in [0.15, 0.2) is 47.5 Å². The molecule has 0 radical (unpaired) electrons. The second-order valence-corrected chi connectivity index (χ2v) is 7.52. The summed E-state index contributed by atoms with van der Waals surface area (Å²) in [6.45, 7) is 3.51. The third-order valence-corrected chi connectivity index (χ3v) is 5.63. The van der Waals surface area contributed by atoms with Gasteiger partial charge in [-0.2, -0.15) is 0 Å². The zero-order valence-corrected chi connectivity index (χ0v) is 18.8. The van der Waals surface area contributed by atoms with Gasteiger partial charge in [0.15, 0.2) is 0 Å². The summed E-state index contributed by atoms with van der Waals surface area (Å²) in [5.74, 6) is -0.563. The largest absolute Gasteiger partial charge is 0.495 e. The van der Waals surface area contributed by atoms with Gasteiger partial charge in [-0.1, -0.05) is 12.1 Å². The second kappa shape index (κ2) is 8.78. The number of nitrogens with one attached hydrogen (secondary N) is 1. The summed E-state index contributed by atoms with van der Waals surface area (Å²) in [4.78, 5) is 42.8. The van der Waals surface area contributed by atoms with E-state index in [1.165, 1.54) is 18.0 Å². The molecule has 0 unspecified atom stereocenters. The van der Waals surface area contributed by atoms with Gasteiger partial charge < -0.3 is 19.4 Å². The molecule has 2 heterocycles. The van der Waals surface area contributed by atoms with Gasteiger partial charge in [0.25, 0.3) is 5.56 Å². The quantitative estimate of drug-likeness (QED) is 0.455. The molecule has 0 saturated carbocycles. The zero-order chi connectivity index (χ0) is 23.7. The molecule has 0 aliphatic rings. The number of benzene rings is 2. The number of para-hydroxylation sites is 1. The van der Waals surface area contributed by atoms with Gasteiger partial charge >= 0.3 is 5.97 Å². The van der Waals surface area contributed by atoms with Crippen molar-refractivity contribution in [3.05, 3.63) is 64.3 Å². The summed E-state index contributed by atoms with van der Waals surface area (Å²) < 4.78 is 13.8. The number of aryl methyl sites for hydroxylation is 1. The normalized spacial score (nSPS) is 11.0. The van der Waals surface area contributed by atoms with E-state index in [2.05, 4.69) is 10.3 Å². The molecule has 0 saturated heterocycles. The molecule has 9 nitrogen and oxygen atoms in total. The molecule has 1 N–H and O–H groups in total. The number of rotatable bonds is 6. The molecule has 0 aliphatic carbocycles. The maximum atomic E-state index is 13.0. The molecule has 33 heavy (non-hydrogen) atoms. The molecule has 4 aromatic rings. The Balaban J connectivity index is 1.77. The molecular formula is C24H24N4O5. The van der Waals surface area contributed by atoms with Crippen molar-refractivity contribution in [3.8, 4) is 5.75 Å². The lowest BCUT2D eigenvalue weighted by Gasteiger charge is -2.14. The Morgan fingerprint density at radius 1 is 1.15 bits per heavy atom. The van der Waals surface area contributed by atoms with Crippen LogP contribution in [0, 0.1) is 6.92 Å². The molecule has 0 fully saturated rings. The average molecular weight is 448 g/mol. The molecule has 2 aromatic carbocycles. The summed E-state index contributed by atoms with van der Waals surface area (Å²) in [7, 11) is 3.31. The lowest BCUT2D eigenvalue weighted by molar-refractivity contribution is -0.116. The summed E-state index contributed by atoms with van der Waals surface area (Å²) >= 11 is 0. The Morgan fingerprint density at radius 2 is 1.91 bits per heavy atom. The first kappa shape index (κ1) is 22.1. The van der Waals surface area contributed by atoms with E-state index in [1.807, 2.05) is 24.6 Å². The van der Waals surface area contributed by atoms with Crippen LogP contribution in [0.2, 0.25) is 0 Å². The Morgan fingerprint density at radius 3 is 2.64 bits per heavy atom. The van der Waals surface area contributed by atoms with Gasteiger partial charge in [0.2, 0.25) is 5.91 Å². The van der Waals surface area contributed by atoms with Gasteiger partial charge in [0, 0.05) is 18.1 Å². The van der Waals surface area contributed by atoms with Crippen LogP contribution in [0.3, 0.4) is 0 Å². The Kier molecular flexibility index (Phi) is 5.87. The molecule has 2 aromatic heterocycles. The topological polar surface area (TPSA) is 104 Å². The monoisotopic (exact) mass is 448 g/mol. The molecule has 0 bridgehead atoms. The minimum Gasteiger partial charge on any atom is -0.495 e. The van der Waals surface area contributed by atoms with Crippen LogP contribution in [0.4, 0.5) is 5.69 Å². The number of esters is 1. The van der Waals surface area contributed by atoms with E-state index in [0.717, 1.165) is 5.52 Å². The number of aromatic nitrogens is 3. The highest BCUT2D eigenvalue weighted by Crippen LogP contribution is 2.38. The number of carbonyl (C=O) groups is 2. The number of nitrogens with zero attached hydrogens (tertiary/aromatic N) is 3. The minimum absolute atomic E-state index is 0.220. The molecule has 9 heteroatoms. The van der Waals surface area contributed by atoms with Gasteiger partial charge in [0.05, 0.1) is 47.7 Å². The third kappa shape index (κ3) is 3.82. The van der Waals surface area contributed by atoms with Crippen LogP contribution in [-0.4, -0.2) is 39.7 Å². The lowest BCUT2D eigenvalue weighted by atomic mass is 10.1. The van der Waals surface area contributed by atoms with Crippen LogP contribution < -0.4 is 15.6 Å². The highest BCUT2D eigenvalue weighted by Gasteiger charge is 2.25. The highest BCUT2D eigenvalue weighted by molar-refractivity contribution is 6.14. The van der Waals surface area contributed by atoms with E-state index in [9.17, 15) is 14.4 Å². The standard InChI is InChI=1S/C24H24N4O5/c1-5-33-24(31)20-14(2)27(3)17-10-11-18(32-4)22(21(17)20)26-19(29)12-28-13-25-16-9-7-6-8-15(16)23(28)30/h6-11,13H,5,12H2,1-4H3,(H,26,29). The van der Waals surface area contributed by atoms with Gasteiger partial charge in [-0.25, -0.2) is 9.78 Å². The zero-order valence-electron chi connectivity index (χ0n) is 18.8. The molecule has 1 amide bonds. The van der Waals surface area contributed by atoms with Crippen molar-refractivity contribution in [1.82, 2.24) is 14.1 Å². The number of carbonyl (C=O) groups excluding carboxylic acids is 2. The molecule has 170 valence electrons. The maximum Gasteiger partial charge on any atom is 0.340 e. The van der Waals surface area contributed by atoms with Crippen LogP contribution in [0.25, 0.3) is 21.8 Å². The smallest absolute Gasteiger partial charge is 0.340 e. The van der Waals surface area contributed by atoms with Crippen LogP contribution in [-0.2, 0) is 23.1 Å². The Labute approximate surface area is 189 Å². The van der Waals surface area contributed by atoms with Crippen molar-refractivity contribution in [2.24, 2.45) is 7.05 Å². The maximum absolute atomic E-state index is 13.0. The van der Waals surface area contributed by atoms with E-state index >= 15 is 0 Å². The Bertz CT molecular complexity index is 1450. The number of anilines is 1. The van der Waals surface area contributed by atoms with Crippen molar-refractivity contribution in [1.29, 1.82) is 0 Å². The molecule has 0 spiro atoms. The first-order valence-electron chi connectivity index (χ1n) is 10.4. The molecule has 0 aliphatic heterocycles. The van der Waals surface area contributed by atoms with E-state index in [1.54, 1.807) is 37.3 Å². The number of ether oxygens (including phenoxy) is 2. The van der Waals surface area contributed by atoms with Gasteiger partial charge in [-0.3, -0.25) is 14.2 Å². The fraction of sp³-hybridized carbons (Fsp3) is 0.250. The molecule has 0 atom stereocenters. The SMILES string of the molecule is CCOC(=O)c1c(C)n(C)c2ccc(OC)c(NC(=O)Cn3cnc4ccccc4c3=O)c12. The number of fused-ring (bicyclic) bond motifs is 2. The average Bonchev–Trinajstić information content (AvgIpc) is 3.07. The summed E-state index contributed by atoms with van der Waals surface area (Å²) in [5.41, 5.74) is 2.37. The highest BCUT2D eigenvalue weighted by atomic mass is 16.5. The first-order valence-corrected chi connectivity index (χ1v) is 10.4. The summed E-state index contributed by atoms with van der Waals surface area (Å²) in [6.07, 6.45) is 1.35. The van der Waals surface area contributed by atoms with Crippen molar-refractivity contribution < 1.29 is 19.1 Å². The molecule has 4 rings (SSSR count). The minimum atomic E-state index is -0.487. The lowest BCUT2D eigenvalue weighted by Crippen LogP contribution is -2.28. The fourth-order valence-electron chi connectivity index (χ4n) is 3.93. The molecular weight excluding hydrogens is 424 g/mol. The van der Waals surface area contributed by atoms with Crippen LogP contribution in [0.1, 0.15) is 23.0 Å². The Hall–Kier alpha value is -4.14. The van der Waals surface area contributed by atoms with Crippen molar-refractivity contribution in [3.63, 3.8) is 0 Å². The van der Waals surface area contributed by atoms with Crippen LogP contribution >= 0.6 is 0 Å². The first-order chi connectivity index (χ1) is 15.9. The van der Waals surface area contributed by atoms with E-state index in [4.69, 9.17) is 9.47 Å². The second-order valence-electron chi connectivity index (χ2n) is 7.52. The van der Waals surface area contributed by atoms with Crippen LogP contribution in [0.5, 0.6) is 5.75 Å². The van der Waals surface area contributed by atoms with E-state index in [-0.39, 0.29) is 18.7 Å². The van der Waals surface area contributed by atoms with Gasteiger partial charge in [-0.15, -0.1) is 0 Å². The van der Waals surface area contributed by atoms with Crippen molar-refractivity contribution in [2.75, 3.05) is 19.0 Å². The fourth-order valence-corrected chi connectivity index (χ4v) is 3.93. The number of hydrogen-bond donors (Lipinski definition) is 1. The number of hydrogen-bond acceptors (Lipinski definition) is 6.